The van der Waals surface area contributed by atoms with Gasteiger partial charge in [0.1, 0.15) is 18.5 Å². The van der Waals surface area contributed by atoms with Gasteiger partial charge >= 0.3 is 6.03 Å². The molecule has 2 rings (SSSR count). The van der Waals surface area contributed by atoms with Crippen LogP contribution in [0.2, 0.25) is 0 Å². The van der Waals surface area contributed by atoms with Crippen LogP contribution in [0.15, 0.2) is 0 Å². The van der Waals surface area contributed by atoms with Crippen molar-refractivity contribution in [2.24, 2.45) is 0 Å². The number of alkyl halides is 1. The van der Waals surface area contributed by atoms with Gasteiger partial charge in [-0.2, -0.15) is 0 Å². The Morgan fingerprint density at radius 2 is 2.31 bits per heavy atom. The summed E-state index contributed by atoms with van der Waals surface area (Å²) in [5, 5.41) is 11.0. The van der Waals surface area contributed by atoms with Gasteiger partial charge in [0.2, 0.25) is 5.91 Å². The van der Waals surface area contributed by atoms with Crippen molar-refractivity contribution in [1.29, 1.82) is 0 Å². The number of aliphatic hydroxyl groups is 1. The van der Waals surface area contributed by atoms with E-state index in [1.54, 1.807) is 0 Å². The summed E-state index contributed by atoms with van der Waals surface area (Å²) in [7, 11) is 0. The lowest BCUT2D eigenvalue weighted by atomic mass is 10.2. The van der Waals surface area contributed by atoms with Crippen LogP contribution >= 0.6 is 0 Å². The second-order valence-electron chi connectivity index (χ2n) is 3.86. The third-order valence-electron chi connectivity index (χ3n) is 2.78. The first-order valence-corrected chi connectivity index (χ1v) is 5.12. The summed E-state index contributed by atoms with van der Waals surface area (Å²) in [6, 6.07) is -0.563. The standard InChI is InChI=1S/C9H13FN2O4/c10-5-3-8(16-6(5)4-13)12-2-1-7(14)11-9(12)15/h5-6,8,13H,1-4H2,(H,11,14,15)/t5-,6+,8+/m0/s1. The van der Waals surface area contributed by atoms with Crippen LogP contribution in [0.3, 0.4) is 0 Å². The van der Waals surface area contributed by atoms with E-state index in [4.69, 9.17) is 9.84 Å². The SMILES string of the molecule is O=C1CCN([C@H]2C[C@H](F)[C@@H](CO)O2)C(=O)N1. The molecule has 0 radical (unpaired) electrons. The number of nitrogens with zero attached hydrogens (tertiary/aromatic N) is 1. The van der Waals surface area contributed by atoms with E-state index in [-0.39, 0.29) is 25.3 Å². The van der Waals surface area contributed by atoms with Gasteiger partial charge in [-0.1, -0.05) is 0 Å². The zero-order chi connectivity index (χ0) is 11.7. The molecule has 0 bridgehead atoms. The Morgan fingerprint density at radius 1 is 1.56 bits per heavy atom. The summed E-state index contributed by atoms with van der Waals surface area (Å²) in [5.41, 5.74) is 0. The van der Waals surface area contributed by atoms with Crippen molar-refractivity contribution >= 4 is 11.9 Å². The Labute approximate surface area is 91.4 Å². The van der Waals surface area contributed by atoms with Crippen LogP contribution in [-0.4, -0.2) is 53.6 Å². The highest BCUT2D eigenvalue weighted by Crippen LogP contribution is 2.26. The highest BCUT2D eigenvalue weighted by molar-refractivity contribution is 5.96. The van der Waals surface area contributed by atoms with E-state index in [0.717, 1.165) is 0 Å². The molecule has 16 heavy (non-hydrogen) atoms. The van der Waals surface area contributed by atoms with Crippen LogP contribution in [0.4, 0.5) is 9.18 Å². The topological polar surface area (TPSA) is 78.9 Å². The van der Waals surface area contributed by atoms with E-state index < -0.39 is 31.1 Å². The number of carbonyl (C=O) groups excluding carboxylic acids is 2. The van der Waals surface area contributed by atoms with E-state index in [1.807, 2.05) is 0 Å². The summed E-state index contributed by atoms with van der Waals surface area (Å²) in [6.07, 6.45) is -2.63. The Balaban J connectivity index is 1.98. The fraction of sp³-hybridized carbons (Fsp3) is 0.778. The first-order valence-electron chi connectivity index (χ1n) is 5.12. The quantitative estimate of drug-likeness (QED) is 0.664. The van der Waals surface area contributed by atoms with Gasteiger partial charge in [-0.05, 0) is 0 Å². The number of imide groups is 1. The molecule has 0 aromatic heterocycles. The molecule has 2 N–H and O–H groups in total. The number of ether oxygens (including phenoxy) is 1. The van der Waals surface area contributed by atoms with E-state index in [2.05, 4.69) is 5.32 Å². The van der Waals surface area contributed by atoms with Crippen LogP contribution in [0.5, 0.6) is 0 Å². The summed E-state index contributed by atoms with van der Waals surface area (Å²) in [4.78, 5) is 23.6. The highest BCUT2D eigenvalue weighted by Gasteiger charge is 2.41. The molecule has 3 atom stereocenters. The van der Waals surface area contributed by atoms with E-state index in [0.29, 0.717) is 0 Å². The van der Waals surface area contributed by atoms with Gasteiger partial charge in [0.05, 0.1) is 6.61 Å². The smallest absolute Gasteiger partial charge is 0.326 e. The molecule has 6 nitrogen and oxygen atoms in total. The molecule has 0 saturated carbocycles. The number of halogens is 1. The molecule has 2 saturated heterocycles. The molecule has 7 heteroatoms. The maximum atomic E-state index is 13.3. The van der Waals surface area contributed by atoms with Gasteiger partial charge in [0, 0.05) is 19.4 Å². The second kappa shape index (κ2) is 4.34. The maximum Gasteiger partial charge on any atom is 0.326 e. The average molecular weight is 232 g/mol. The lowest BCUT2D eigenvalue weighted by molar-refractivity contribution is -0.123. The van der Waals surface area contributed by atoms with E-state index in [9.17, 15) is 14.0 Å². The minimum Gasteiger partial charge on any atom is -0.394 e. The number of amides is 3. The normalized spacial score (nSPS) is 35.4. The van der Waals surface area contributed by atoms with E-state index >= 15 is 0 Å². The van der Waals surface area contributed by atoms with Gasteiger partial charge < -0.3 is 9.84 Å². The summed E-state index contributed by atoms with van der Waals surface area (Å²) < 4.78 is 18.5. The molecule has 2 heterocycles. The third kappa shape index (κ3) is 2.00. The molecular formula is C9H13FN2O4. The first-order chi connectivity index (χ1) is 7.61. The summed E-state index contributed by atoms with van der Waals surface area (Å²) >= 11 is 0. The van der Waals surface area contributed by atoms with Crippen LogP contribution in [0.25, 0.3) is 0 Å². The number of aliphatic hydroxyl groups excluding tert-OH is 1. The number of hydrogen-bond acceptors (Lipinski definition) is 4. The fourth-order valence-corrected chi connectivity index (χ4v) is 1.90. The van der Waals surface area contributed by atoms with Crippen molar-refractivity contribution in [3.8, 4) is 0 Å². The van der Waals surface area contributed by atoms with Crippen LogP contribution in [0.1, 0.15) is 12.8 Å². The Hall–Kier alpha value is -1.21. The highest BCUT2D eigenvalue weighted by atomic mass is 19.1. The number of nitrogens with one attached hydrogen (secondary N) is 1. The van der Waals surface area contributed by atoms with Crippen LogP contribution < -0.4 is 5.32 Å². The number of urea groups is 1. The molecular weight excluding hydrogens is 219 g/mol. The minimum absolute atomic E-state index is 0.0346. The predicted molar refractivity (Wildman–Crippen MR) is 50.1 cm³/mol. The minimum atomic E-state index is -1.28. The van der Waals surface area contributed by atoms with Crippen LogP contribution in [-0.2, 0) is 9.53 Å². The lowest BCUT2D eigenvalue weighted by Gasteiger charge is -2.31. The van der Waals surface area contributed by atoms with Crippen molar-refractivity contribution in [3.05, 3.63) is 0 Å². The molecule has 0 aliphatic carbocycles. The average Bonchev–Trinajstić information content (AvgIpc) is 2.59. The largest absolute Gasteiger partial charge is 0.394 e. The lowest BCUT2D eigenvalue weighted by Crippen LogP contribution is -2.53. The molecule has 0 unspecified atom stereocenters. The first kappa shape index (κ1) is 11.3. The van der Waals surface area contributed by atoms with Gasteiger partial charge in [0.15, 0.2) is 0 Å². The molecule has 90 valence electrons. The third-order valence-corrected chi connectivity index (χ3v) is 2.78. The number of carbonyl (C=O) groups is 2. The van der Waals surface area contributed by atoms with Gasteiger partial charge in [-0.15, -0.1) is 0 Å². The summed E-state index contributed by atoms with van der Waals surface area (Å²) in [6.45, 7) is -0.188. The Morgan fingerprint density at radius 3 is 2.88 bits per heavy atom. The second-order valence-corrected chi connectivity index (χ2v) is 3.86. The van der Waals surface area contributed by atoms with Gasteiger partial charge in [-0.3, -0.25) is 15.0 Å². The van der Waals surface area contributed by atoms with Crippen LogP contribution in [0, 0.1) is 0 Å². The predicted octanol–water partition coefficient (Wildman–Crippen LogP) is -0.626. The van der Waals surface area contributed by atoms with Crippen molar-refractivity contribution in [2.45, 2.75) is 31.3 Å². The van der Waals surface area contributed by atoms with E-state index in [1.165, 1.54) is 4.90 Å². The molecule has 3 amide bonds. The van der Waals surface area contributed by atoms with Gasteiger partial charge in [0.25, 0.3) is 0 Å². The van der Waals surface area contributed by atoms with Crippen molar-refractivity contribution in [1.82, 2.24) is 10.2 Å². The summed E-state index contributed by atoms with van der Waals surface area (Å²) in [5.74, 6) is -0.338. The molecule has 2 aliphatic heterocycles. The van der Waals surface area contributed by atoms with Gasteiger partial charge in [-0.25, -0.2) is 9.18 Å². The molecule has 2 aliphatic rings. The molecule has 0 aromatic rings. The van der Waals surface area contributed by atoms with Crippen molar-refractivity contribution in [2.75, 3.05) is 13.2 Å². The molecule has 0 aromatic carbocycles. The zero-order valence-electron chi connectivity index (χ0n) is 8.56. The molecule has 2 fully saturated rings. The maximum absolute atomic E-state index is 13.3. The van der Waals surface area contributed by atoms with Crippen molar-refractivity contribution < 1.29 is 23.8 Å². The monoisotopic (exact) mass is 232 g/mol. The number of hydrogen-bond donors (Lipinski definition) is 2. The Kier molecular flexibility index (Phi) is 3.06. The zero-order valence-corrected chi connectivity index (χ0v) is 8.56. The van der Waals surface area contributed by atoms with Crippen molar-refractivity contribution in [3.63, 3.8) is 0 Å². The number of rotatable bonds is 2. The molecule has 0 spiro atoms. The Bertz CT molecular complexity index is 312. The fourth-order valence-electron chi connectivity index (χ4n) is 1.90.